The highest BCUT2D eigenvalue weighted by molar-refractivity contribution is 6.42. The summed E-state index contributed by atoms with van der Waals surface area (Å²) >= 11 is 12.2. The number of aliphatic imine (C=N–C) groups is 1. The molecular formula is C17H14Cl2N2O. The molecule has 2 aromatic rings. The number of hydrogen-bond acceptors (Lipinski definition) is 3. The van der Waals surface area contributed by atoms with Gasteiger partial charge in [-0.3, -0.25) is 4.99 Å². The number of fused-ring (bicyclic) bond motifs is 3. The van der Waals surface area contributed by atoms with Crippen LogP contribution in [0.3, 0.4) is 0 Å². The van der Waals surface area contributed by atoms with Crippen molar-refractivity contribution in [3.63, 3.8) is 0 Å². The first kappa shape index (κ1) is 14.1. The van der Waals surface area contributed by atoms with Crippen LogP contribution in [0, 0.1) is 0 Å². The van der Waals surface area contributed by atoms with Crippen molar-refractivity contribution in [2.75, 3.05) is 18.0 Å². The number of halogens is 2. The third kappa shape index (κ3) is 1.83. The summed E-state index contributed by atoms with van der Waals surface area (Å²) in [6, 6.07) is 13.1. The predicted molar refractivity (Wildman–Crippen MR) is 90.2 cm³/mol. The summed E-state index contributed by atoms with van der Waals surface area (Å²) in [5.41, 5.74) is 1.27. The average molecular weight is 333 g/mol. The van der Waals surface area contributed by atoms with Gasteiger partial charge in [-0.25, -0.2) is 0 Å². The van der Waals surface area contributed by atoms with Crippen LogP contribution in [0.2, 0.25) is 10.0 Å². The summed E-state index contributed by atoms with van der Waals surface area (Å²) < 4.78 is 0. The molecule has 1 atom stereocenters. The van der Waals surface area contributed by atoms with Crippen molar-refractivity contribution in [1.82, 2.24) is 0 Å². The number of anilines is 1. The van der Waals surface area contributed by atoms with E-state index in [4.69, 9.17) is 23.2 Å². The first-order valence-electron chi connectivity index (χ1n) is 7.22. The van der Waals surface area contributed by atoms with Gasteiger partial charge in [-0.15, -0.1) is 0 Å². The van der Waals surface area contributed by atoms with Crippen molar-refractivity contribution in [2.24, 2.45) is 4.99 Å². The van der Waals surface area contributed by atoms with Gasteiger partial charge >= 0.3 is 0 Å². The number of para-hydroxylation sites is 1. The number of benzene rings is 2. The zero-order valence-electron chi connectivity index (χ0n) is 11.8. The molecule has 2 aliphatic rings. The molecule has 3 nitrogen and oxygen atoms in total. The van der Waals surface area contributed by atoms with E-state index in [-0.39, 0.29) is 0 Å². The predicted octanol–water partition coefficient (Wildman–Crippen LogP) is 3.85. The highest BCUT2D eigenvalue weighted by atomic mass is 35.5. The van der Waals surface area contributed by atoms with Crippen LogP contribution in [0.1, 0.15) is 17.5 Å². The summed E-state index contributed by atoms with van der Waals surface area (Å²) in [4.78, 5) is 6.70. The monoisotopic (exact) mass is 332 g/mol. The number of hydrogen-bond donors (Lipinski definition) is 1. The van der Waals surface area contributed by atoms with E-state index in [0.717, 1.165) is 30.8 Å². The van der Waals surface area contributed by atoms with E-state index >= 15 is 0 Å². The topological polar surface area (TPSA) is 35.8 Å². The Morgan fingerprint density at radius 2 is 1.91 bits per heavy atom. The Balaban J connectivity index is 1.98. The summed E-state index contributed by atoms with van der Waals surface area (Å²) in [5, 5.41) is 12.5. The van der Waals surface area contributed by atoms with Gasteiger partial charge in [-0.1, -0.05) is 47.5 Å². The molecule has 0 saturated carbocycles. The fraction of sp³-hybridized carbons (Fsp3) is 0.235. The number of aliphatic hydroxyl groups is 1. The van der Waals surface area contributed by atoms with E-state index in [1.807, 2.05) is 30.3 Å². The van der Waals surface area contributed by atoms with Gasteiger partial charge in [0.15, 0.2) is 5.60 Å². The summed E-state index contributed by atoms with van der Waals surface area (Å²) in [7, 11) is 0. The quantitative estimate of drug-likeness (QED) is 0.860. The molecule has 0 bridgehead atoms. The minimum Gasteiger partial charge on any atom is -0.373 e. The molecule has 2 aliphatic heterocycles. The van der Waals surface area contributed by atoms with E-state index in [1.54, 1.807) is 12.1 Å². The van der Waals surface area contributed by atoms with Gasteiger partial charge < -0.3 is 10.0 Å². The second kappa shape index (κ2) is 4.98. The molecule has 5 heteroatoms. The maximum Gasteiger partial charge on any atom is 0.174 e. The van der Waals surface area contributed by atoms with Crippen LogP contribution < -0.4 is 4.90 Å². The third-order valence-electron chi connectivity index (χ3n) is 4.30. The Labute approximate surface area is 138 Å². The van der Waals surface area contributed by atoms with Crippen molar-refractivity contribution < 1.29 is 5.11 Å². The van der Waals surface area contributed by atoms with Crippen molar-refractivity contribution in [3.8, 4) is 0 Å². The molecule has 0 saturated heterocycles. The van der Waals surface area contributed by atoms with Gasteiger partial charge in [-0.05, 0) is 30.2 Å². The SMILES string of the molecule is OC1(c2ccc(Cl)c(Cl)c2)C2=NCCCN2c2ccccc21. The van der Waals surface area contributed by atoms with Gasteiger partial charge in [0.25, 0.3) is 0 Å². The van der Waals surface area contributed by atoms with Crippen LogP contribution in [0.4, 0.5) is 5.69 Å². The van der Waals surface area contributed by atoms with Crippen LogP contribution in [-0.2, 0) is 5.60 Å². The summed E-state index contributed by atoms with van der Waals surface area (Å²) in [6.07, 6.45) is 0.981. The van der Waals surface area contributed by atoms with Crippen LogP contribution in [0.15, 0.2) is 47.5 Å². The van der Waals surface area contributed by atoms with E-state index in [1.165, 1.54) is 0 Å². The fourth-order valence-corrected chi connectivity index (χ4v) is 3.59. The molecule has 0 spiro atoms. The minimum absolute atomic E-state index is 0.430. The molecule has 112 valence electrons. The molecule has 0 fully saturated rings. The van der Waals surface area contributed by atoms with Gasteiger partial charge in [0, 0.05) is 24.3 Å². The molecule has 2 aromatic carbocycles. The molecule has 22 heavy (non-hydrogen) atoms. The summed E-state index contributed by atoms with van der Waals surface area (Å²) in [6.45, 7) is 1.59. The lowest BCUT2D eigenvalue weighted by Crippen LogP contribution is -2.44. The van der Waals surface area contributed by atoms with E-state index < -0.39 is 5.60 Å². The molecule has 2 heterocycles. The van der Waals surface area contributed by atoms with Crippen LogP contribution >= 0.6 is 23.2 Å². The maximum absolute atomic E-state index is 11.6. The van der Waals surface area contributed by atoms with Crippen LogP contribution in [-0.4, -0.2) is 24.0 Å². The van der Waals surface area contributed by atoms with E-state index in [0.29, 0.717) is 21.4 Å². The third-order valence-corrected chi connectivity index (χ3v) is 5.04. The average Bonchev–Trinajstić information content (AvgIpc) is 2.82. The van der Waals surface area contributed by atoms with Crippen molar-refractivity contribution in [3.05, 3.63) is 63.6 Å². The Morgan fingerprint density at radius 1 is 1.09 bits per heavy atom. The molecule has 0 amide bonds. The van der Waals surface area contributed by atoms with Gasteiger partial charge in [-0.2, -0.15) is 0 Å². The standard InChI is InChI=1S/C17H14Cl2N2O/c18-13-7-6-11(10-14(13)19)17(22)12-4-1-2-5-15(12)21-9-3-8-20-16(17)21/h1-2,4-7,10,22H,3,8-9H2. The van der Waals surface area contributed by atoms with Crippen molar-refractivity contribution >= 4 is 34.7 Å². The molecule has 0 radical (unpaired) electrons. The maximum atomic E-state index is 11.6. The first-order valence-corrected chi connectivity index (χ1v) is 7.98. The molecule has 1 unspecified atom stereocenters. The second-order valence-corrected chi connectivity index (χ2v) is 6.38. The molecule has 0 aromatic heterocycles. The lowest BCUT2D eigenvalue weighted by Gasteiger charge is -2.30. The van der Waals surface area contributed by atoms with Crippen molar-refractivity contribution in [2.45, 2.75) is 12.0 Å². The largest absolute Gasteiger partial charge is 0.373 e. The van der Waals surface area contributed by atoms with Crippen LogP contribution in [0.5, 0.6) is 0 Å². The van der Waals surface area contributed by atoms with Gasteiger partial charge in [0.05, 0.1) is 10.0 Å². The van der Waals surface area contributed by atoms with Crippen molar-refractivity contribution in [1.29, 1.82) is 0 Å². The molecular weight excluding hydrogens is 319 g/mol. The minimum atomic E-state index is -1.27. The van der Waals surface area contributed by atoms with E-state index in [2.05, 4.69) is 9.89 Å². The Kier molecular flexibility index (Phi) is 3.19. The highest BCUT2D eigenvalue weighted by Crippen LogP contribution is 2.46. The Morgan fingerprint density at radius 3 is 2.73 bits per heavy atom. The number of nitrogens with zero attached hydrogens (tertiary/aromatic N) is 2. The van der Waals surface area contributed by atoms with E-state index in [9.17, 15) is 5.11 Å². The number of amidine groups is 1. The molecule has 4 rings (SSSR count). The molecule has 1 N–H and O–H groups in total. The zero-order chi connectivity index (χ0) is 15.3. The zero-order valence-corrected chi connectivity index (χ0v) is 13.3. The highest BCUT2D eigenvalue weighted by Gasteiger charge is 2.49. The Hall–Kier alpha value is -1.55. The number of rotatable bonds is 1. The Bertz CT molecular complexity index is 790. The normalized spacial score (nSPS) is 23.0. The fourth-order valence-electron chi connectivity index (χ4n) is 3.29. The lowest BCUT2D eigenvalue weighted by atomic mass is 9.87. The first-order chi connectivity index (χ1) is 10.6. The van der Waals surface area contributed by atoms with Gasteiger partial charge in [0.2, 0.25) is 0 Å². The van der Waals surface area contributed by atoms with Gasteiger partial charge in [0.1, 0.15) is 5.84 Å². The smallest absolute Gasteiger partial charge is 0.174 e. The molecule has 0 aliphatic carbocycles. The second-order valence-electron chi connectivity index (χ2n) is 5.57. The summed E-state index contributed by atoms with van der Waals surface area (Å²) in [5.74, 6) is 0.679. The van der Waals surface area contributed by atoms with Crippen LogP contribution in [0.25, 0.3) is 0 Å². The lowest BCUT2D eigenvalue weighted by molar-refractivity contribution is 0.158.